The van der Waals surface area contributed by atoms with Gasteiger partial charge in [0.15, 0.2) is 0 Å². The first-order valence-corrected chi connectivity index (χ1v) is 8.21. The van der Waals surface area contributed by atoms with Gasteiger partial charge in [0.2, 0.25) is 0 Å². The van der Waals surface area contributed by atoms with Gasteiger partial charge >= 0.3 is 0 Å². The molecule has 0 N–H and O–H groups in total. The van der Waals surface area contributed by atoms with Gasteiger partial charge in [-0.25, -0.2) is 0 Å². The van der Waals surface area contributed by atoms with E-state index in [0.29, 0.717) is 0 Å². The molecule has 0 aliphatic carbocycles. The Labute approximate surface area is 121 Å². The first-order chi connectivity index (χ1) is 8.52. The minimum atomic E-state index is 0.157. The Morgan fingerprint density at radius 2 is 2.06 bits per heavy atom. The van der Waals surface area contributed by atoms with Crippen molar-refractivity contribution in [2.24, 2.45) is 0 Å². The topological polar surface area (TPSA) is 20.3 Å². The van der Waals surface area contributed by atoms with Crippen molar-refractivity contribution in [2.45, 2.75) is 23.9 Å². The molecule has 0 saturated carbocycles. The Balaban J connectivity index is 2.10. The van der Waals surface area contributed by atoms with E-state index in [2.05, 4.69) is 29.8 Å². The molecule has 1 aliphatic heterocycles. The standard InChI is InChI=1S/C14H18BrNOS/c1-14(2)10-16(7-8-18-14)13(17)12-5-3-11(9-15)4-6-12/h3-6H,7-10H2,1-2H3. The maximum absolute atomic E-state index is 12.4. The van der Waals surface area contributed by atoms with Crippen molar-refractivity contribution >= 4 is 33.6 Å². The number of thioether (sulfide) groups is 1. The summed E-state index contributed by atoms with van der Waals surface area (Å²) >= 11 is 5.36. The van der Waals surface area contributed by atoms with E-state index in [4.69, 9.17) is 0 Å². The lowest BCUT2D eigenvalue weighted by atomic mass is 10.1. The first-order valence-electron chi connectivity index (χ1n) is 6.10. The summed E-state index contributed by atoms with van der Waals surface area (Å²) in [4.78, 5) is 14.4. The molecule has 1 heterocycles. The lowest BCUT2D eigenvalue weighted by Gasteiger charge is -2.37. The highest BCUT2D eigenvalue weighted by molar-refractivity contribution is 9.08. The van der Waals surface area contributed by atoms with Crippen molar-refractivity contribution in [1.82, 2.24) is 4.90 Å². The lowest BCUT2D eigenvalue weighted by Crippen LogP contribution is -2.46. The summed E-state index contributed by atoms with van der Waals surface area (Å²) in [7, 11) is 0. The summed E-state index contributed by atoms with van der Waals surface area (Å²) in [5.74, 6) is 1.18. The normalized spacial score (nSPS) is 18.7. The van der Waals surface area contributed by atoms with Gasteiger partial charge < -0.3 is 4.90 Å². The van der Waals surface area contributed by atoms with Crippen LogP contribution in [0.5, 0.6) is 0 Å². The second kappa shape index (κ2) is 5.66. The van der Waals surface area contributed by atoms with Crippen LogP contribution < -0.4 is 0 Å². The zero-order valence-electron chi connectivity index (χ0n) is 10.8. The van der Waals surface area contributed by atoms with E-state index in [1.807, 2.05) is 40.9 Å². The van der Waals surface area contributed by atoms with Gasteiger partial charge in [0, 0.05) is 34.5 Å². The molecule has 1 aromatic carbocycles. The zero-order chi connectivity index (χ0) is 13.2. The number of hydrogen-bond donors (Lipinski definition) is 0. The van der Waals surface area contributed by atoms with Gasteiger partial charge in [0.25, 0.3) is 5.91 Å². The minimum absolute atomic E-state index is 0.157. The number of carbonyl (C=O) groups is 1. The highest BCUT2D eigenvalue weighted by atomic mass is 79.9. The van der Waals surface area contributed by atoms with Gasteiger partial charge in [-0.2, -0.15) is 11.8 Å². The van der Waals surface area contributed by atoms with Gasteiger partial charge in [-0.3, -0.25) is 4.79 Å². The Hall–Kier alpha value is -0.480. The fourth-order valence-electron chi connectivity index (χ4n) is 2.11. The molecule has 1 aromatic rings. The third-order valence-electron chi connectivity index (χ3n) is 3.07. The van der Waals surface area contributed by atoms with Crippen LogP contribution in [0.3, 0.4) is 0 Å². The average Bonchev–Trinajstić information content (AvgIpc) is 2.37. The molecule has 0 unspecified atom stereocenters. The van der Waals surface area contributed by atoms with Crippen molar-refractivity contribution in [3.63, 3.8) is 0 Å². The molecule has 18 heavy (non-hydrogen) atoms. The monoisotopic (exact) mass is 327 g/mol. The quantitative estimate of drug-likeness (QED) is 0.774. The van der Waals surface area contributed by atoms with Gasteiger partial charge in [0.05, 0.1) is 0 Å². The molecule has 0 radical (unpaired) electrons. The number of benzene rings is 1. The van der Waals surface area contributed by atoms with E-state index >= 15 is 0 Å². The predicted octanol–water partition coefficient (Wildman–Crippen LogP) is 3.55. The Morgan fingerprint density at radius 3 is 2.61 bits per heavy atom. The van der Waals surface area contributed by atoms with Crippen molar-refractivity contribution in [1.29, 1.82) is 0 Å². The van der Waals surface area contributed by atoms with Crippen LogP contribution in [-0.2, 0) is 5.33 Å². The summed E-state index contributed by atoms with van der Waals surface area (Å²) in [6.07, 6.45) is 0. The molecule has 1 saturated heterocycles. The Morgan fingerprint density at radius 1 is 1.39 bits per heavy atom. The molecular weight excluding hydrogens is 310 g/mol. The highest BCUT2D eigenvalue weighted by Crippen LogP contribution is 2.30. The molecule has 1 fully saturated rings. The zero-order valence-corrected chi connectivity index (χ0v) is 13.2. The predicted molar refractivity (Wildman–Crippen MR) is 81.5 cm³/mol. The van der Waals surface area contributed by atoms with E-state index < -0.39 is 0 Å². The lowest BCUT2D eigenvalue weighted by molar-refractivity contribution is 0.0748. The SMILES string of the molecule is CC1(C)CN(C(=O)c2ccc(CBr)cc2)CCS1. The number of hydrogen-bond acceptors (Lipinski definition) is 2. The number of rotatable bonds is 2. The summed E-state index contributed by atoms with van der Waals surface area (Å²) in [5.41, 5.74) is 1.99. The molecule has 0 aromatic heterocycles. The number of carbonyl (C=O) groups excluding carboxylic acids is 1. The van der Waals surface area contributed by atoms with Crippen molar-refractivity contribution in [3.8, 4) is 0 Å². The first kappa shape index (κ1) is 13.9. The summed E-state index contributed by atoms with van der Waals surface area (Å²) in [6.45, 7) is 6.08. The molecule has 1 amide bonds. The van der Waals surface area contributed by atoms with E-state index in [1.165, 1.54) is 5.56 Å². The van der Waals surface area contributed by atoms with Crippen molar-refractivity contribution in [2.75, 3.05) is 18.8 Å². The molecule has 4 heteroatoms. The molecule has 2 rings (SSSR count). The van der Waals surface area contributed by atoms with Crippen LogP contribution in [0.1, 0.15) is 29.8 Å². The van der Waals surface area contributed by atoms with Gasteiger partial charge in [0.1, 0.15) is 0 Å². The summed E-state index contributed by atoms with van der Waals surface area (Å²) in [6, 6.07) is 7.86. The summed E-state index contributed by atoms with van der Waals surface area (Å²) in [5, 5.41) is 0.828. The minimum Gasteiger partial charge on any atom is -0.336 e. The van der Waals surface area contributed by atoms with Gasteiger partial charge in [-0.05, 0) is 31.5 Å². The molecule has 0 bridgehead atoms. The fraction of sp³-hybridized carbons (Fsp3) is 0.500. The van der Waals surface area contributed by atoms with Crippen LogP contribution in [0.2, 0.25) is 0 Å². The maximum Gasteiger partial charge on any atom is 0.253 e. The van der Waals surface area contributed by atoms with E-state index in [1.54, 1.807) is 0 Å². The van der Waals surface area contributed by atoms with Crippen LogP contribution in [0, 0.1) is 0 Å². The molecule has 0 spiro atoms. The average molecular weight is 328 g/mol. The third kappa shape index (κ3) is 3.29. The van der Waals surface area contributed by atoms with Crippen LogP contribution >= 0.6 is 27.7 Å². The van der Waals surface area contributed by atoms with Crippen LogP contribution in [0.25, 0.3) is 0 Å². The van der Waals surface area contributed by atoms with Crippen LogP contribution in [-0.4, -0.2) is 34.4 Å². The second-order valence-corrected chi connectivity index (χ2v) is 7.53. The van der Waals surface area contributed by atoms with Crippen LogP contribution in [0.15, 0.2) is 24.3 Å². The molecule has 1 aliphatic rings. The van der Waals surface area contributed by atoms with E-state index in [9.17, 15) is 4.79 Å². The number of halogens is 1. The van der Waals surface area contributed by atoms with E-state index in [-0.39, 0.29) is 10.7 Å². The number of nitrogens with zero attached hydrogens (tertiary/aromatic N) is 1. The molecular formula is C14H18BrNOS. The molecule has 0 atom stereocenters. The van der Waals surface area contributed by atoms with E-state index in [0.717, 1.165) is 29.7 Å². The number of amides is 1. The molecule has 98 valence electrons. The largest absolute Gasteiger partial charge is 0.336 e. The second-order valence-electron chi connectivity index (χ2n) is 5.17. The van der Waals surface area contributed by atoms with Crippen LogP contribution in [0.4, 0.5) is 0 Å². The van der Waals surface area contributed by atoms with Gasteiger partial charge in [-0.1, -0.05) is 28.1 Å². The highest BCUT2D eigenvalue weighted by Gasteiger charge is 2.30. The van der Waals surface area contributed by atoms with Crippen molar-refractivity contribution in [3.05, 3.63) is 35.4 Å². The van der Waals surface area contributed by atoms with Gasteiger partial charge in [-0.15, -0.1) is 0 Å². The third-order valence-corrected chi connectivity index (χ3v) is 5.01. The van der Waals surface area contributed by atoms with Crippen molar-refractivity contribution < 1.29 is 4.79 Å². The Kier molecular flexibility index (Phi) is 4.38. The Bertz CT molecular complexity index is 430. The smallest absolute Gasteiger partial charge is 0.253 e. The molecule has 2 nitrogen and oxygen atoms in total. The number of alkyl halides is 1. The summed E-state index contributed by atoms with van der Waals surface area (Å²) < 4.78 is 0.170. The maximum atomic E-state index is 12.4. The fourth-order valence-corrected chi connectivity index (χ4v) is 3.59.